The maximum absolute atomic E-state index is 12.1. The molecule has 210 valence electrons. The molecule has 12 nitrogen and oxygen atoms in total. The molecule has 0 bridgehead atoms. The lowest BCUT2D eigenvalue weighted by atomic mass is 9.89. The summed E-state index contributed by atoms with van der Waals surface area (Å²) in [5.41, 5.74) is 1.81. The van der Waals surface area contributed by atoms with E-state index in [2.05, 4.69) is 10.2 Å². The first-order chi connectivity index (χ1) is 18.3. The van der Waals surface area contributed by atoms with Gasteiger partial charge in [0.2, 0.25) is 0 Å². The third-order valence-electron chi connectivity index (χ3n) is 5.80. The molecule has 1 aromatic carbocycles. The molecule has 5 atom stereocenters. The smallest absolute Gasteiger partial charge is 0.303 e. The Morgan fingerprint density at radius 3 is 2.13 bits per heavy atom. The van der Waals surface area contributed by atoms with Crippen molar-refractivity contribution >= 4 is 35.5 Å². The van der Waals surface area contributed by atoms with Crippen molar-refractivity contribution < 1.29 is 42.9 Å². The molecular formula is C26H29ClN2O10. The second-order valence-electron chi connectivity index (χ2n) is 9.02. The summed E-state index contributed by atoms with van der Waals surface area (Å²) in [7, 11) is 0. The van der Waals surface area contributed by atoms with Gasteiger partial charge >= 0.3 is 23.9 Å². The van der Waals surface area contributed by atoms with Gasteiger partial charge in [0.1, 0.15) is 18.8 Å². The lowest BCUT2D eigenvalue weighted by Gasteiger charge is -2.44. The van der Waals surface area contributed by atoms with Gasteiger partial charge in [0.05, 0.1) is 5.69 Å². The molecule has 0 saturated carbocycles. The average Bonchev–Trinajstić information content (AvgIpc) is 2.83. The number of carbonyl (C=O) groups is 4. The monoisotopic (exact) mass is 564 g/mol. The van der Waals surface area contributed by atoms with Gasteiger partial charge in [-0.2, -0.15) is 5.10 Å². The van der Waals surface area contributed by atoms with Crippen molar-refractivity contribution in [3.05, 3.63) is 62.0 Å². The maximum atomic E-state index is 12.1. The van der Waals surface area contributed by atoms with Crippen molar-refractivity contribution in [1.29, 1.82) is 0 Å². The molecule has 3 rings (SSSR count). The number of aryl methyl sites for hydroxylation is 1. The minimum Gasteiger partial charge on any atom is -0.463 e. The molecular weight excluding hydrogens is 536 g/mol. The highest BCUT2D eigenvalue weighted by atomic mass is 35.5. The van der Waals surface area contributed by atoms with Crippen LogP contribution in [0, 0.1) is 6.92 Å². The van der Waals surface area contributed by atoms with Crippen molar-refractivity contribution in [2.24, 2.45) is 0 Å². The number of H-pyrrole nitrogens is 1. The van der Waals surface area contributed by atoms with Crippen LogP contribution in [0.4, 0.5) is 0 Å². The van der Waals surface area contributed by atoms with Crippen LogP contribution in [0.1, 0.15) is 56.2 Å². The SMILES string of the molecule is CC(=O)OC[C@@H]1O[C@@H](c2ccc(Cl)c(Cc3cc(C)c(=O)[nH]n3)c2)[C@H](OC(C)=O)[C@@H](OC(C)=O)[C@@H]1OC(C)=O. The number of halogens is 1. The molecule has 0 unspecified atom stereocenters. The van der Waals surface area contributed by atoms with Gasteiger partial charge < -0.3 is 23.7 Å². The molecule has 39 heavy (non-hydrogen) atoms. The third-order valence-corrected chi connectivity index (χ3v) is 6.17. The number of rotatable bonds is 8. The van der Waals surface area contributed by atoms with E-state index in [-0.39, 0.29) is 18.6 Å². The summed E-state index contributed by atoms with van der Waals surface area (Å²) in [6.07, 6.45) is -5.68. The first-order valence-electron chi connectivity index (χ1n) is 12.0. The van der Waals surface area contributed by atoms with E-state index >= 15 is 0 Å². The maximum Gasteiger partial charge on any atom is 0.303 e. The van der Waals surface area contributed by atoms with Crippen LogP contribution in [-0.4, -0.2) is 65.1 Å². The van der Waals surface area contributed by atoms with Crippen molar-refractivity contribution in [2.45, 2.75) is 71.6 Å². The molecule has 0 aliphatic carbocycles. The molecule has 1 saturated heterocycles. The lowest BCUT2D eigenvalue weighted by molar-refractivity contribution is -0.254. The second-order valence-corrected chi connectivity index (χ2v) is 9.43. The Bertz CT molecular complexity index is 1310. The van der Waals surface area contributed by atoms with E-state index in [1.165, 1.54) is 13.8 Å². The minimum absolute atomic E-state index is 0.246. The highest BCUT2D eigenvalue weighted by molar-refractivity contribution is 6.31. The van der Waals surface area contributed by atoms with Gasteiger partial charge in [-0.05, 0) is 30.2 Å². The van der Waals surface area contributed by atoms with Crippen molar-refractivity contribution in [2.75, 3.05) is 6.61 Å². The zero-order chi connectivity index (χ0) is 28.9. The first kappa shape index (κ1) is 29.8. The van der Waals surface area contributed by atoms with Gasteiger partial charge in [0.15, 0.2) is 18.3 Å². The number of aromatic amines is 1. The highest BCUT2D eigenvalue weighted by Crippen LogP contribution is 2.38. The molecule has 1 aliphatic heterocycles. The Balaban J connectivity index is 2.08. The van der Waals surface area contributed by atoms with Crippen LogP contribution in [0.5, 0.6) is 0 Å². The standard InChI is InChI=1S/C26H29ClN2O10/c1-12-8-19(28-29-26(12)34)10-18-9-17(6-7-20(18)27)22-24(37-15(4)32)25(38-16(5)33)23(36-14(3)31)21(39-22)11-35-13(2)30/h6-9,21-25H,10-11H2,1-5H3,(H,29,34)/t21-,22-,23+,24-,25-/m0/s1. The first-order valence-corrected chi connectivity index (χ1v) is 12.4. The van der Waals surface area contributed by atoms with E-state index in [1.807, 2.05) is 0 Å². The van der Waals surface area contributed by atoms with Crippen molar-refractivity contribution in [3.8, 4) is 0 Å². The largest absolute Gasteiger partial charge is 0.463 e. The predicted molar refractivity (Wildman–Crippen MR) is 135 cm³/mol. The Labute approximate surface area is 228 Å². The summed E-state index contributed by atoms with van der Waals surface area (Å²) in [5, 5.41) is 6.88. The number of nitrogens with zero attached hydrogens (tertiary/aromatic N) is 1. The van der Waals surface area contributed by atoms with Crippen LogP contribution in [0.15, 0.2) is 29.1 Å². The Morgan fingerprint density at radius 2 is 1.54 bits per heavy atom. The van der Waals surface area contributed by atoms with Crippen LogP contribution in [0.3, 0.4) is 0 Å². The topological polar surface area (TPSA) is 160 Å². The predicted octanol–water partition coefficient (Wildman–Crippen LogP) is 2.12. The molecule has 0 radical (unpaired) electrons. The van der Waals surface area contributed by atoms with Crippen molar-refractivity contribution in [1.82, 2.24) is 10.2 Å². The van der Waals surface area contributed by atoms with Gasteiger partial charge in [-0.25, -0.2) is 5.10 Å². The van der Waals surface area contributed by atoms with Gasteiger partial charge in [0.25, 0.3) is 5.56 Å². The molecule has 1 aromatic heterocycles. The Morgan fingerprint density at radius 1 is 0.923 bits per heavy atom. The van der Waals surface area contributed by atoms with Gasteiger partial charge in [-0.15, -0.1) is 0 Å². The lowest BCUT2D eigenvalue weighted by Crippen LogP contribution is -2.59. The Hall–Kier alpha value is -3.77. The van der Waals surface area contributed by atoms with Crippen LogP contribution >= 0.6 is 11.6 Å². The summed E-state index contributed by atoms with van der Waals surface area (Å²) >= 11 is 6.46. The fraction of sp³-hybridized carbons (Fsp3) is 0.462. The van der Waals surface area contributed by atoms with E-state index in [4.69, 9.17) is 35.3 Å². The summed E-state index contributed by atoms with van der Waals surface area (Å²) in [5.74, 6) is -2.75. The summed E-state index contributed by atoms with van der Waals surface area (Å²) in [6, 6.07) is 6.58. The normalized spacial score (nSPS) is 22.5. The molecule has 1 N–H and O–H groups in total. The molecule has 13 heteroatoms. The highest BCUT2D eigenvalue weighted by Gasteiger charge is 2.52. The number of ether oxygens (including phenoxy) is 5. The molecule has 1 aliphatic rings. The number of carbonyl (C=O) groups excluding carboxylic acids is 4. The quantitative estimate of drug-likeness (QED) is 0.369. The number of hydrogen-bond acceptors (Lipinski definition) is 11. The number of benzene rings is 1. The van der Waals surface area contributed by atoms with Crippen LogP contribution in [0.25, 0.3) is 0 Å². The third kappa shape index (κ3) is 7.87. The van der Waals surface area contributed by atoms with Crippen LogP contribution in [0.2, 0.25) is 5.02 Å². The number of aromatic nitrogens is 2. The fourth-order valence-corrected chi connectivity index (χ4v) is 4.43. The summed E-state index contributed by atoms with van der Waals surface area (Å²) in [6.45, 7) is 5.99. The zero-order valence-corrected chi connectivity index (χ0v) is 22.8. The Kier molecular flexibility index (Phi) is 9.81. The number of esters is 4. The number of hydrogen-bond donors (Lipinski definition) is 1. The number of nitrogens with one attached hydrogen (secondary N) is 1. The van der Waals surface area contributed by atoms with Crippen LogP contribution in [-0.2, 0) is 49.3 Å². The van der Waals surface area contributed by atoms with E-state index in [1.54, 1.807) is 31.2 Å². The summed E-state index contributed by atoms with van der Waals surface area (Å²) < 4.78 is 27.8. The average molecular weight is 565 g/mol. The van der Waals surface area contributed by atoms with Gasteiger partial charge in [0, 0.05) is 44.7 Å². The summed E-state index contributed by atoms with van der Waals surface area (Å²) in [4.78, 5) is 59.4. The molecule has 0 amide bonds. The second kappa shape index (κ2) is 12.9. The van der Waals surface area contributed by atoms with Gasteiger partial charge in [-0.3, -0.25) is 24.0 Å². The molecule has 2 aromatic rings. The van der Waals surface area contributed by atoms with E-state index in [0.717, 1.165) is 13.8 Å². The van der Waals surface area contributed by atoms with E-state index in [0.29, 0.717) is 27.4 Å². The molecule has 2 heterocycles. The molecule has 1 fully saturated rings. The molecule has 0 spiro atoms. The fourth-order valence-electron chi connectivity index (χ4n) is 4.25. The minimum atomic E-state index is -1.29. The van der Waals surface area contributed by atoms with E-state index < -0.39 is 54.4 Å². The van der Waals surface area contributed by atoms with Crippen molar-refractivity contribution in [3.63, 3.8) is 0 Å². The van der Waals surface area contributed by atoms with Crippen LogP contribution < -0.4 is 5.56 Å². The van der Waals surface area contributed by atoms with E-state index in [9.17, 15) is 24.0 Å². The van der Waals surface area contributed by atoms with Gasteiger partial charge in [-0.1, -0.05) is 23.7 Å². The zero-order valence-electron chi connectivity index (χ0n) is 22.0.